The molecule has 1 saturated carbocycles. The van der Waals surface area contributed by atoms with Gasteiger partial charge < -0.3 is 15.0 Å². The summed E-state index contributed by atoms with van der Waals surface area (Å²) < 4.78 is 5.33. The van der Waals surface area contributed by atoms with E-state index in [0.29, 0.717) is 6.04 Å². The van der Waals surface area contributed by atoms with E-state index < -0.39 is 5.60 Å². The van der Waals surface area contributed by atoms with Crippen molar-refractivity contribution in [2.75, 3.05) is 11.9 Å². The lowest BCUT2D eigenvalue weighted by Gasteiger charge is -2.36. The van der Waals surface area contributed by atoms with Crippen molar-refractivity contribution in [1.82, 2.24) is 5.32 Å². The Morgan fingerprint density at radius 3 is 2.44 bits per heavy atom. The van der Waals surface area contributed by atoms with Crippen molar-refractivity contribution in [2.45, 2.75) is 71.1 Å². The number of ether oxygens (including phenoxy) is 1. The maximum atomic E-state index is 11.9. The largest absolute Gasteiger partial charge is 0.444 e. The van der Waals surface area contributed by atoms with E-state index in [2.05, 4.69) is 29.4 Å². The molecule has 136 valence electrons. The number of nitrogens with one attached hydrogen (secondary N) is 1. The van der Waals surface area contributed by atoms with Crippen LogP contribution in [0.3, 0.4) is 0 Å². The Kier molecular flexibility index (Phi) is 5.94. The van der Waals surface area contributed by atoms with Gasteiger partial charge in [-0.15, -0.1) is 0 Å². The first-order chi connectivity index (χ1) is 11.7. The summed E-state index contributed by atoms with van der Waals surface area (Å²) in [6, 6.07) is 8.81. The summed E-state index contributed by atoms with van der Waals surface area (Å²) in [5, 5.41) is 12.0. The summed E-state index contributed by atoms with van der Waals surface area (Å²) in [6.07, 6.45) is 3.62. The Hall–Kier alpha value is -2.22. The van der Waals surface area contributed by atoms with Crippen molar-refractivity contribution >= 4 is 11.8 Å². The van der Waals surface area contributed by atoms with Gasteiger partial charge in [0, 0.05) is 24.8 Å². The van der Waals surface area contributed by atoms with Gasteiger partial charge in [0.25, 0.3) is 0 Å². The van der Waals surface area contributed by atoms with Crippen molar-refractivity contribution in [3.8, 4) is 6.07 Å². The van der Waals surface area contributed by atoms with Gasteiger partial charge in [-0.25, -0.2) is 4.79 Å². The molecule has 0 unspecified atom stereocenters. The molecule has 1 N–H and O–H groups in total. The Labute approximate surface area is 151 Å². The summed E-state index contributed by atoms with van der Waals surface area (Å²) in [5.41, 5.74) is 2.41. The van der Waals surface area contributed by atoms with E-state index in [1.54, 1.807) is 0 Å². The zero-order chi connectivity index (χ0) is 18.6. The number of alkyl carbamates (subject to hydrolysis) is 1. The molecule has 1 aromatic carbocycles. The second kappa shape index (κ2) is 7.77. The first kappa shape index (κ1) is 19.1. The van der Waals surface area contributed by atoms with Crippen LogP contribution in [0, 0.1) is 18.3 Å². The van der Waals surface area contributed by atoms with Gasteiger partial charge in [-0.2, -0.15) is 5.26 Å². The average molecular weight is 343 g/mol. The van der Waals surface area contributed by atoms with E-state index >= 15 is 0 Å². The third-order valence-electron chi connectivity index (χ3n) is 4.70. The minimum atomic E-state index is -0.463. The molecule has 25 heavy (non-hydrogen) atoms. The fourth-order valence-corrected chi connectivity index (χ4v) is 3.29. The molecule has 1 aliphatic carbocycles. The Bertz CT molecular complexity index is 650. The number of benzene rings is 1. The molecule has 0 atom stereocenters. The molecule has 0 spiro atoms. The molecule has 0 bridgehead atoms. The molecule has 5 heteroatoms. The van der Waals surface area contributed by atoms with Crippen LogP contribution < -0.4 is 10.2 Å². The Morgan fingerprint density at radius 2 is 1.92 bits per heavy atom. The first-order valence-corrected chi connectivity index (χ1v) is 8.92. The first-order valence-electron chi connectivity index (χ1n) is 8.92. The number of aryl methyl sites for hydroxylation is 1. The highest BCUT2D eigenvalue weighted by Gasteiger charge is 2.27. The number of nitrogens with zero attached hydrogens (tertiary/aromatic N) is 2. The Balaban J connectivity index is 1.88. The number of nitriles is 1. The summed E-state index contributed by atoms with van der Waals surface area (Å²) >= 11 is 0. The molecule has 5 nitrogen and oxygen atoms in total. The summed E-state index contributed by atoms with van der Waals surface area (Å²) in [5.74, 6) is 0. The molecular weight excluding hydrogens is 314 g/mol. The number of hydrogen-bond donors (Lipinski definition) is 1. The lowest BCUT2D eigenvalue weighted by molar-refractivity contribution is 0.0491. The number of anilines is 1. The molecule has 0 aromatic heterocycles. The number of hydrogen-bond acceptors (Lipinski definition) is 4. The van der Waals surface area contributed by atoms with Gasteiger partial charge in [-0.1, -0.05) is 0 Å². The summed E-state index contributed by atoms with van der Waals surface area (Å²) in [6.45, 7) is 7.59. The van der Waals surface area contributed by atoms with Crippen LogP contribution in [0.25, 0.3) is 0 Å². The molecule has 0 radical (unpaired) electrons. The van der Waals surface area contributed by atoms with Gasteiger partial charge >= 0.3 is 6.09 Å². The van der Waals surface area contributed by atoms with Crippen LogP contribution in [0.1, 0.15) is 57.6 Å². The highest BCUT2D eigenvalue weighted by atomic mass is 16.6. The third-order valence-corrected chi connectivity index (χ3v) is 4.70. The highest BCUT2D eigenvalue weighted by Crippen LogP contribution is 2.28. The lowest BCUT2D eigenvalue weighted by Crippen LogP contribution is -2.44. The van der Waals surface area contributed by atoms with E-state index in [1.165, 1.54) is 0 Å². The van der Waals surface area contributed by atoms with E-state index in [9.17, 15) is 4.79 Å². The molecule has 0 saturated heterocycles. The number of carbonyl (C=O) groups is 1. The molecule has 1 fully saturated rings. The normalized spacial score (nSPS) is 20.5. The number of carbonyl (C=O) groups excluding carboxylic acids is 1. The maximum Gasteiger partial charge on any atom is 0.407 e. The minimum Gasteiger partial charge on any atom is -0.444 e. The predicted molar refractivity (Wildman–Crippen MR) is 99.7 cm³/mol. The van der Waals surface area contributed by atoms with E-state index in [4.69, 9.17) is 10.00 Å². The van der Waals surface area contributed by atoms with E-state index in [1.807, 2.05) is 39.8 Å². The molecule has 1 amide bonds. The summed E-state index contributed by atoms with van der Waals surface area (Å²) in [7, 11) is 2.10. The molecular formula is C20H29N3O2. The quantitative estimate of drug-likeness (QED) is 0.896. The topological polar surface area (TPSA) is 65.4 Å². The van der Waals surface area contributed by atoms with Crippen LogP contribution in [0.5, 0.6) is 0 Å². The predicted octanol–water partition coefficient (Wildman–Crippen LogP) is 4.14. The number of amides is 1. The van der Waals surface area contributed by atoms with Crippen LogP contribution in [0.2, 0.25) is 0 Å². The Morgan fingerprint density at radius 1 is 1.28 bits per heavy atom. The van der Waals surface area contributed by atoms with Crippen LogP contribution in [0.4, 0.5) is 10.5 Å². The average Bonchev–Trinajstić information content (AvgIpc) is 2.53. The second-order valence-corrected chi connectivity index (χ2v) is 7.87. The van der Waals surface area contributed by atoms with Crippen molar-refractivity contribution in [3.05, 3.63) is 29.3 Å². The van der Waals surface area contributed by atoms with Crippen LogP contribution in [-0.2, 0) is 4.74 Å². The summed E-state index contributed by atoms with van der Waals surface area (Å²) in [4.78, 5) is 14.2. The van der Waals surface area contributed by atoms with E-state index in [0.717, 1.165) is 42.5 Å². The smallest absolute Gasteiger partial charge is 0.407 e. The van der Waals surface area contributed by atoms with Crippen molar-refractivity contribution in [3.63, 3.8) is 0 Å². The maximum absolute atomic E-state index is 11.9. The van der Waals surface area contributed by atoms with Gasteiger partial charge in [0.2, 0.25) is 0 Å². The van der Waals surface area contributed by atoms with Crippen molar-refractivity contribution in [1.29, 1.82) is 5.26 Å². The second-order valence-electron chi connectivity index (χ2n) is 7.87. The van der Waals surface area contributed by atoms with Gasteiger partial charge in [-0.05, 0) is 77.1 Å². The molecule has 2 rings (SSSR count). The highest BCUT2D eigenvalue weighted by molar-refractivity contribution is 5.68. The van der Waals surface area contributed by atoms with Crippen molar-refractivity contribution in [2.24, 2.45) is 0 Å². The van der Waals surface area contributed by atoms with Crippen LogP contribution in [-0.4, -0.2) is 30.8 Å². The van der Waals surface area contributed by atoms with Crippen LogP contribution in [0.15, 0.2) is 18.2 Å². The fraction of sp³-hybridized carbons (Fsp3) is 0.600. The number of rotatable bonds is 3. The fourth-order valence-electron chi connectivity index (χ4n) is 3.29. The lowest BCUT2D eigenvalue weighted by atomic mass is 9.90. The molecule has 1 aromatic rings. The van der Waals surface area contributed by atoms with E-state index in [-0.39, 0.29) is 12.1 Å². The zero-order valence-corrected chi connectivity index (χ0v) is 15.9. The SMILES string of the molecule is Cc1cc(N(C)[C@H]2CC[C@H](NC(=O)OC(C)(C)C)CC2)ccc1C#N. The molecule has 1 aliphatic rings. The van der Waals surface area contributed by atoms with Gasteiger partial charge in [0.1, 0.15) is 5.60 Å². The molecule has 0 aliphatic heterocycles. The van der Waals surface area contributed by atoms with Crippen molar-refractivity contribution < 1.29 is 9.53 Å². The third kappa shape index (κ3) is 5.38. The monoisotopic (exact) mass is 343 g/mol. The van der Waals surface area contributed by atoms with Gasteiger partial charge in [-0.3, -0.25) is 0 Å². The van der Waals surface area contributed by atoms with Gasteiger partial charge in [0.05, 0.1) is 11.6 Å². The van der Waals surface area contributed by atoms with Crippen LogP contribution >= 0.6 is 0 Å². The standard InChI is InChI=1S/C20H29N3O2/c1-14-12-18(9-6-15(14)13-21)23(5)17-10-7-16(8-11-17)22-19(24)25-20(2,3)4/h6,9,12,16-17H,7-8,10-11H2,1-5H3,(H,22,24)/t16-,17-. The molecule has 0 heterocycles. The zero-order valence-electron chi connectivity index (χ0n) is 15.9. The minimum absolute atomic E-state index is 0.183. The van der Waals surface area contributed by atoms with Gasteiger partial charge in [0.15, 0.2) is 0 Å².